The molecule has 1 aromatic heterocycles. The summed E-state index contributed by atoms with van der Waals surface area (Å²) >= 11 is 1.31. The molecule has 0 aliphatic rings. The summed E-state index contributed by atoms with van der Waals surface area (Å²) in [5.74, 6) is 0.431. The topological polar surface area (TPSA) is 48.4 Å². The molecule has 4 nitrogen and oxygen atoms in total. The number of ether oxygens (including phenoxy) is 2. The summed E-state index contributed by atoms with van der Waals surface area (Å²) in [6, 6.07) is 7.66. The highest BCUT2D eigenvalue weighted by molar-refractivity contribution is 7.16. The van der Waals surface area contributed by atoms with Gasteiger partial charge in [0.2, 0.25) is 0 Å². The van der Waals surface area contributed by atoms with Crippen LogP contribution in [-0.2, 0) is 4.74 Å². The van der Waals surface area contributed by atoms with Gasteiger partial charge >= 0.3 is 5.97 Å². The van der Waals surface area contributed by atoms with Crippen molar-refractivity contribution in [1.29, 1.82) is 0 Å². The summed E-state index contributed by atoms with van der Waals surface area (Å²) in [5, 5.41) is 0.773. The van der Waals surface area contributed by atoms with E-state index in [-0.39, 0.29) is 12.1 Å². The Kier molecular flexibility index (Phi) is 4.16. The number of methoxy groups -OCH3 is 1. The standard InChI is InChI=1S/C14H15NO3S/c1-9(2)18-11-6-4-5-10(7-11)13-15-8-12(19-13)14(16)17-3/h4-9H,1-3H3. The van der Waals surface area contributed by atoms with Crippen LogP contribution in [-0.4, -0.2) is 24.2 Å². The maximum absolute atomic E-state index is 11.4. The van der Waals surface area contributed by atoms with Gasteiger partial charge in [-0.3, -0.25) is 0 Å². The van der Waals surface area contributed by atoms with Gasteiger partial charge in [-0.25, -0.2) is 9.78 Å². The number of rotatable bonds is 4. The minimum atomic E-state index is -0.363. The molecule has 0 amide bonds. The molecule has 1 aromatic carbocycles. The molecule has 0 aliphatic heterocycles. The van der Waals surface area contributed by atoms with Crippen LogP contribution in [0.25, 0.3) is 10.6 Å². The molecule has 0 saturated heterocycles. The Morgan fingerprint density at radius 2 is 2.16 bits per heavy atom. The lowest BCUT2D eigenvalue weighted by Crippen LogP contribution is -2.05. The van der Waals surface area contributed by atoms with E-state index >= 15 is 0 Å². The molecule has 0 bridgehead atoms. The fourth-order valence-electron chi connectivity index (χ4n) is 1.58. The van der Waals surface area contributed by atoms with E-state index in [1.807, 2.05) is 38.1 Å². The van der Waals surface area contributed by atoms with Crippen molar-refractivity contribution in [3.63, 3.8) is 0 Å². The fourth-order valence-corrected chi connectivity index (χ4v) is 2.41. The summed E-state index contributed by atoms with van der Waals surface area (Å²) in [6.45, 7) is 3.96. The minimum absolute atomic E-state index is 0.122. The Bertz CT molecular complexity index is 578. The Labute approximate surface area is 116 Å². The smallest absolute Gasteiger partial charge is 0.349 e. The molecule has 2 aromatic rings. The number of carbonyl (C=O) groups excluding carboxylic acids is 1. The molecule has 0 radical (unpaired) electrons. The fraction of sp³-hybridized carbons (Fsp3) is 0.286. The van der Waals surface area contributed by atoms with Gasteiger partial charge in [0.05, 0.1) is 19.4 Å². The average Bonchev–Trinajstić information content (AvgIpc) is 2.87. The first kappa shape index (κ1) is 13.5. The van der Waals surface area contributed by atoms with Crippen LogP contribution < -0.4 is 4.74 Å². The van der Waals surface area contributed by atoms with Gasteiger partial charge in [-0.2, -0.15) is 0 Å². The third-order valence-electron chi connectivity index (χ3n) is 2.35. The summed E-state index contributed by atoms with van der Waals surface area (Å²) in [5.41, 5.74) is 0.929. The first-order valence-corrected chi connectivity index (χ1v) is 6.73. The second-order valence-electron chi connectivity index (χ2n) is 4.22. The van der Waals surface area contributed by atoms with E-state index < -0.39 is 0 Å². The van der Waals surface area contributed by atoms with Crippen molar-refractivity contribution in [2.45, 2.75) is 20.0 Å². The van der Waals surface area contributed by atoms with Gasteiger partial charge in [0, 0.05) is 5.56 Å². The van der Waals surface area contributed by atoms with Gasteiger partial charge in [0.15, 0.2) is 0 Å². The van der Waals surface area contributed by atoms with Crippen LogP contribution in [0.2, 0.25) is 0 Å². The van der Waals surface area contributed by atoms with Crippen molar-refractivity contribution < 1.29 is 14.3 Å². The van der Waals surface area contributed by atoms with Crippen LogP contribution in [0.1, 0.15) is 23.5 Å². The number of nitrogens with zero attached hydrogens (tertiary/aromatic N) is 1. The summed E-state index contributed by atoms with van der Waals surface area (Å²) in [4.78, 5) is 16.1. The van der Waals surface area contributed by atoms with Crippen molar-refractivity contribution in [2.24, 2.45) is 0 Å². The predicted molar refractivity (Wildman–Crippen MR) is 74.7 cm³/mol. The second-order valence-corrected chi connectivity index (χ2v) is 5.25. The SMILES string of the molecule is COC(=O)c1cnc(-c2cccc(OC(C)C)c2)s1. The summed E-state index contributed by atoms with van der Waals surface area (Å²) < 4.78 is 10.3. The van der Waals surface area contributed by atoms with E-state index in [1.165, 1.54) is 24.6 Å². The van der Waals surface area contributed by atoms with Gasteiger partial charge in [0.25, 0.3) is 0 Å². The zero-order chi connectivity index (χ0) is 13.8. The molecule has 0 N–H and O–H groups in total. The third-order valence-corrected chi connectivity index (χ3v) is 3.37. The molecular weight excluding hydrogens is 262 g/mol. The predicted octanol–water partition coefficient (Wildman–Crippen LogP) is 3.38. The molecule has 0 spiro atoms. The Morgan fingerprint density at radius 3 is 2.84 bits per heavy atom. The van der Waals surface area contributed by atoms with E-state index in [1.54, 1.807) is 0 Å². The number of carbonyl (C=O) groups is 1. The molecule has 0 unspecified atom stereocenters. The van der Waals surface area contributed by atoms with Gasteiger partial charge < -0.3 is 9.47 Å². The van der Waals surface area contributed by atoms with E-state index in [0.29, 0.717) is 4.88 Å². The van der Waals surface area contributed by atoms with Crippen molar-refractivity contribution in [1.82, 2.24) is 4.98 Å². The Hall–Kier alpha value is -1.88. The molecule has 1 heterocycles. The normalized spacial score (nSPS) is 10.5. The molecule has 0 fully saturated rings. The van der Waals surface area contributed by atoms with E-state index in [0.717, 1.165) is 16.3 Å². The maximum atomic E-state index is 11.4. The zero-order valence-electron chi connectivity index (χ0n) is 11.0. The van der Waals surface area contributed by atoms with Gasteiger partial charge in [-0.1, -0.05) is 12.1 Å². The molecule has 5 heteroatoms. The highest BCUT2D eigenvalue weighted by Gasteiger charge is 2.12. The number of hydrogen-bond donors (Lipinski definition) is 0. The van der Waals surface area contributed by atoms with Crippen LogP contribution in [0.5, 0.6) is 5.75 Å². The Morgan fingerprint density at radius 1 is 1.37 bits per heavy atom. The first-order valence-electron chi connectivity index (χ1n) is 5.91. The monoisotopic (exact) mass is 277 g/mol. The third kappa shape index (κ3) is 3.32. The number of thiazole rings is 1. The van der Waals surface area contributed by atoms with Crippen LogP contribution in [0.4, 0.5) is 0 Å². The quantitative estimate of drug-likeness (QED) is 0.804. The molecule has 0 atom stereocenters. The van der Waals surface area contributed by atoms with Crippen molar-refractivity contribution in [3.05, 3.63) is 35.3 Å². The molecule has 100 valence electrons. The van der Waals surface area contributed by atoms with Crippen LogP contribution >= 0.6 is 11.3 Å². The largest absolute Gasteiger partial charge is 0.491 e. The maximum Gasteiger partial charge on any atom is 0.349 e. The van der Waals surface area contributed by atoms with Crippen LogP contribution in [0.15, 0.2) is 30.5 Å². The minimum Gasteiger partial charge on any atom is -0.491 e. The number of benzene rings is 1. The molecule has 19 heavy (non-hydrogen) atoms. The van der Waals surface area contributed by atoms with Crippen molar-refractivity contribution in [3.8, 4) is 16.3 Å². The van der Waals surface area contributed by atoms with Gasteiger partial charge in [-0.05, 0) is 26.0 Å². The Balaban J connectivity index is 2.26. The van der Waals surface area contributed by atoms with Gasteiger partial charge in [-0.15, -0.1) is 11.3 Å². The van der Waals surface area contributed by atoms with E-state index in [4.69, 9.17) is 4.74 Å². The second kappa shape index (κ2) is 5.84. The van der Waals surface area contributed by atoms with Crippen molar-refractivity contribution >= 4 is 17.3 Å². The van der Waals surface area contributed by atoms with E-state index in [9.17, 15) is 4.79 Å². The summed E-state index contributed by atoms with van der Waals surface area (Å²) in [6.07, 6.45) is 1.65. The molecule has 0 aliphatic carbocycles. The number of aromatic nitrogens is 1. The highest BCUT2D eigenvalue weighted by Crippen LogP contribution is 2.28. The zero-order valence-corrected chi connectivity index (χ0v) is 11.9. The summed E-state index contributed by atoms with van der Waals surface area (Å²) in [7, 11) is 1.36. The lowest BCUT2D eigenvalue weighted by Gasteiger charge is -2.09. The lowest BCUT2D eigenvalue weighted by atomic mass is 10.2. The van der Waals surface area contributed by atoms with E-state index in [2.05, 4.69) is 9.72 Å². The highest BCUT2D eigenvalue weighted by atomic mass is 32.1. The molecule has 0 saturated carbocycles. The molecule has 2 rings (SSSR count). The van der Waals surface area contributed by atoms with Crippen LogP contribution in [0.3, 0.4) is 0 Å². The lowest BCUT2D eigenvalue weighted by molar-refractivity contribution is 0.0606. The molecular formula is C14H15NO3S. The first-order chi connectivity index (χ1) is 9.10. The van der Waals surface area contributed by atoms with Crippen molar-refractivity contribution in [2.75, 3.05) is 7.11 Å². The average molecular weight is 277 g/mol. The number of esters is 1. The van der Waals surface area contributed by atoms with Gasteiger partial charge in [0.1, 0.15) is 15.6 Å². The number of hydrogen-bond acceptors (Lipinski definition) is 5. The van der Waals surface area contributed by atoms with Crippen LogP contribution in [0, 0.1) is 0 Å².